The van der Waals surface area contributed by atoms with E-state index in [2.05, 4.69) is 41.7 Å². The third-order valence-corrected chi connectivity index (χ3v) is 5.09. The Hall–Kier alpha value is -0.380. The summed E-state index contributed by atoms with van der Waals surface area (Å²) >= 11 is 2.03. The fourth-order valence-corrected chi connectivity index (χ4v) is 3.85. The second-order valence-electron chi connectivity index (χ2n) is 6.43. The lowest BCUT2D eigenvalue weighted by Crippen LogP contribution is -2.43. The van der Waals surface area contributed by atoms with E-state index in [1.165, 1.54) is 18.6 Å². The highest BCUT2D eigenvalue weighted by molar-refractivity contribution is 14.0. The number of nitrogens with zero attached hydrogens (tertiary/aromatic N) is 1. The Morgan fingerprint density at radius 1 is 1.32 bits per heavy atom. The third kappa shape index (κ3) is 11.8. The summed E-state index contributed by atoms with van der Waals surface area (Å²) in [7, 11) is 0. The fraction of sp³-hybridized carbons (Fsp3) is 0.882. The van der Waals surface area contributed by atoms with Gasteiger partial charge in [-0.2, -0.15) is 11.8 Å². The summed E-state index contributed by atoms with van der Waals surface area (Å²) in [5.41, 5.74) is 0. The van der Waals surface area contributed by atoms with Gasteiger partial charge in [-0.15, -0.1) is 24.0 Å². The van der Waals surface area contributed by atoms with Gasteiger partial charge in [-0.25, -0.2) is 4.79 Å². The number of hydrogen-bond donors (Lipinski definition) is 3. The molecule has 148 valence electrons. The van der Waals surface area contributed by atoms with Gasteiger partial charge in [0.2, 0.25) is 0 Å². The van der Waals surface area contributed by atoms with Crippen molar-refractivity contribution in [1.82, 2.24) is 16.0 Å². The van der Waals surface area contributed by atoms with Gasteiger partial charge in [0.25, 0.3) is 0 Å². The van der Waals surface area contributed by atoms with Crippen molar-refractivity contribution in [2.75, 3.05) is 32.0 Å². The first kappa shape index (κ1) is 24.6. The van der Waals surface area contributed by atoms with Crippen LogP contribution < -0.4 is 16.0 Å². The molecule has 0 aromatic carbocycles. The topological polar surface area (TPSA) is 74.8 Å². The Morgan fingerprint density at radius 3 is 2.64 bits per heavy atom. The van der Waals surface area contributed by atoms with Crippen molar-refractivity contribution in [3.63, 3.8) is 0 Å². The predicted molar refractivity (Wildman–Crippen MR) is 118 cm³/mol. The first-order valence-electron chi connectivity index (χ1n) is 9.12. The minimum atomic E-state index is -0.362. The Kier molecular flexibility index (Phi) is 14.5. The van der Waals surface area contributed by atoms with E-state index in [9.17, 15) is 4.79 Å². The summed E-state index contributed by atoms with van der Waals surface area (Å²) in [5, 5.41) is 10.3. The van der Waals surface area contributed by atoms with Crippen LogP contribution in [0.5, 0.6) is 0 Å². The second-order valence-corrected chi connectivity index (χ2v) is 7.84. The summed E-state index contributed by atoms with van der Waals surface area (Å²) in [6, 6.07) is -0.0136. The quantitative estimate of drug-likeness (QED) is 0.265. The molecule has 1 aliphatic heterocycles. The van der Waals surface area contributed by atoms with Crippen LogP contribution in [0.1, 0.15) is 47.0 Å². The van der Waals surface area contributed by atoms with E-state index in [4.69, 9.17) is 4.74 Å². The normalized spacial score (nSPS) is 18.4. The molecule has 1 heterocycles. The number of amides is 1. The molecule has 1 amide bonds. The Bertz CT molecular complexity index is 391. The van der Waals surface area contributed by atoms with E-state index in [0.29, 0.717) is 24.3 Å². The molecule has 1 fully saturated rings. The Labute approximate surface area is 174 Å². The molecular formula is C17H35IN4O2S. The molecule has 2 atom stereocenters. The number of nitrogens with one attached hydrogen (secondary N) is 3. The summed E-state index contributed by atoms with van der Waals surface area (Å²) in [5.74, 6) is 2.57. The van der Waals surface area contributed by atoms with Gasteiger partial charge in [0.15, 0.2) is 5.96 Å². The zero-order chi connectivity index (χ0) is 17.8. The molecule has 8 heteroatoms. The smallest absolute Gasteiger partial charge is 0.407 e. The first-order valence-corrected chi connectivity index (χ1v) is 10.2. The van der Waals surface area contributed by atoms with Gasteiger partial charge in [0.05, 0.1) is 19.2 Å². The second kappa shape index (κ2) is 14.8. The molecule has 2 unspecified atom stereocenters. The van der Waals surface area contributed by atoms with Crippen molar-refractivity contribution >= 4 is 47.8 Å². The van der Waals surface area contributed by atoms with Crippen molar-refractivity contribution in [3.05, 3.63) is 0 Å². The van der Waals surface area contributed by atoms with Gasteiger partial charge < -0.3 is 20.7 Å². The largest absolute Gasteiger partial charge is 0.450 e. The van der Waals surface area contributed by atoms with Crippen LogP contribution in [0.2, 0.25) is 0 Å². The van der Waals surface area contributed by atoms with Crippen molar-refractivity contribution in [2.45, 2.75) is 58.2 Å². The molecule has 0 aromatic rings. The van der Waals surface area contributed by atoms with Gasteiger partial charge in [-0.05, 0) is 44.8 Å². The zero-order valence-electron chi connectivity index (χ0n) is 16.0. The molecule has 6 nitrogen and oxygen atoms in total. The number of ether oxygens (including phenoxy) is 1. The molecule has 0 spiro atoms. The van der Waals surface area contributed by atoms with Crippen LogP contribution in [-0.2, 0) is 4.74 Å². The van der Waals surface area contributed by atoms with Crippen LogP contribution in [0, 0.1) is 5.92 Å². The number of guanidine groups is 1. The van der Waals surface area contributed by atoms with Gasteiger partial charge in [-0.1, -0.05) is 13.8 Å². The van der Waals surface area contributed by atoms with Crippen molar-refractivity contribution in [1.29, 1.82) is 0 Å². The SMILES string of the molecule is CCNC(=NCC(CC(C)C)NC(=O)OCC)NCC1CCCS1.I. The third-order valence-electron chi connectivity index (χ3n) is 3.69. The monoisotopic (exact) mass is 486 g/mol. The standard InChI is InChI=1S/C17H34N4O2S.HI/c1-5-18-16(20-12-15-8-7-9-24-15)19-11-14(10-13(3)4)21-17(22)23-6-2;/h13-15H,5-12H2,1-4H3,(H,21,22)(H2,18,19,20);1H. The maximum absolute atomic E-state index is 11.7. The number of thioether (sulfide) groups is 1. The Morgan fingerprint density at radius 2 is 2.08 bits per heavy atom. The highest BCUT2D eigenvalue weighted by atomic mass is 127. The minimum absolute atomic E-state index is 0. The molecule has 0 aromatic heterocycles. The number of hydrogen-bond acceptors (Lipinski definition) is 4. The molecule has 0 bridgehead atoms. The van der Waals surface area contributed by atoms with E-state index in [1.54, 1.807) is 0 Å². The number of alkyl carbamates (subject to hydrolysis) is 1. The molecule has 1 saturated heterocycles. The van der Waals surface area contributed by atoms with E-state index in [0.717, 1.165) is 25.5 Å². The van der Waals surface area contributed by atoms with Gasteiger partial charge >= 0.3 is 6.09 Å². The van der Waals surface area contributed by atoms with Crippen LogP contribution in [0.25, 0.3) is 0 Å². The predicted octanol–water partition coefficient (Wildman–Crippen LogP) is 3.22. The molecule has 0 aliphatic carbocycles. The lowest BCUT2D eigenvalue weighted by atomic mass is 10.0. The average Bonchev–Trinajstić information content (AvgIpc) is 3.03. The van der Waals surface area contributed by atoms with Gasteiger partial charge in [0, 0.05) is 18.3 Å². The maximum Gasteiger partial charge on any atom is 0.407 e. The maximum atomic E-state index is 11.7. The first-order chi connectivity index (χ1) is 11.5. The molecular weight excluding hydrogens is 451 g/mol. The molecule has 0 radical (unpaired) electrons. The van der Waals surface area contributed by atoms with Crippen molar-refractivity contribution in [3.8, 4) is 0 Å². The van der Waals surface area contributed by atoms with Gasteiger partial charge in [0.1, 0.15) is 0 Å². The van der Waals surface area contributed by atoms with Gasteiger partial charge in [-0.3, -0.25) is 4.99 Å². The number of halogens is 1. The molecule has 0 saturated carbocycles. The van der Waals surface area contributed by atoms with Crippen LogP contribution in [0.15, 0.2) is 4.99 Å². The van der Waals surface area contributed by atoms with E-state index in [-0.39, 0.29) is 36.1 Å². The summed E-state index contributed by atoms with van der Waals surface area (Å²) in [4.78, 5) is 16.3. The molecule has 3 N–H and O–H groups in total. The highest BCUT2D eigenvalue weighted by Crippen LogP contribution is 2.25. The zero-order valence-corrected chi connectivity index (χ0v) is 19.1. The number of carbonyl (C=O) groups excluding carboxylic acids is 1. The van der Waals surface area contributed by atoms with Crippen LogP contribution in [0.3, 0.4) is 0 Å². The lowest BCUT2D eigenvalue weighted by Gasteiger charge is -2.20. The van der Waals surface area contributed by atoms with Crippen molar-refractivity contribution in [2.24, 2.45) is 10.9 Å². The summed E-state index contributed by atoms with van der Waals surface area (Å²) < 4.78 is 4.99. The van der Waals surface area contributed by atoms with Crippen LogP contribution in [0.4, 0.5) is 4.79 Å². The fourth-order valence-electron chi connectivity index (χ4n) is 2.65. The van der Waals surface area contributed by atoms with E-state index >= 15 is 0 Å². The van der Waals surface area contributed by atoms with Crippen molar-refractivity contribution < 1.29 is 9.53 Å². The number of rotatable bonds is 9. The molecule has 1 rings (SSSR count). The Balaban J connectivity index is 0.00000576. The summed E-state index contributed by atoms with van der Waals surface area (Å²) in [6.07, 6.45) is 3.10. The van der Waals surface area contributed by atoms with E-state index in [1.807, 2.05) is 18.7 Å². The van der Waals surface area contributed by atoms with E-state index < -0.39 is 0 Å². The molecule has 1 aliphatic rings. The van der Waals surface area contributed by atoms with Crippen LogP contribution in [-0.4, -0.2) is 55.3 Å². The van der Waals surface area contributed by atoms with Crippen LogP contribution >= 0.6 is 35.7 Å². The lowest BCUT2D eigenvalue weighted by molar-refractivity contribution is 0.147. The number of aliphatic imine (C=N–C) groups is 1. The minimum Gasteiger partial charge on any atom is -0.450 e. The number of carbonyl (C=O) groups is 1. The average molecular weight is 486 g/mol. The summed E-state index contributed by atoms with van der Waals surface area (Å²) in [6.45, 7) is 10.8. The molecule has 25 heavy (non-hydrogen) atoms. The highest BCUT2D eigenvalue weighted by Gasteiger charge is 2.17.